The molecule has 0 radical (unpaired) electrons. The second-order valence-electron chi connectivity index (χ2n) is 4.74. The van der Waals surface area contributed by atoms with Crippen LogP contribution in [0.1, 0.15) is 32.1 Å². The van der Waals surface area contributed by atoms with Gasteiger partial charge in [0.1, 0.15) is 6.04 Å². The van der Waals surface area contributed by atoms with Crippen molar-refractivity contribution in [3.63, 3.8) is 0 Å². The minimum Gasteiger partial charge on any atom is -0.324 e. The van der Waals surface area contributed by atoms with Crippen molar-refractivity contribution in [2.75, 3.05) is 19.6 Å². The molecule has 0 bridgehead atoms. The van der Waals surface area contributed by atoms with Crippen molar-refractivity contribution in [2.24, 2.45) is 5.92 Å². The highest BCUT2D eigenvalue weighted by atomic mass is 16.2. The van der Waals surface area contributed by atoms with Gasteiger partial charge in [0, 0.05) is 13.1 Å². The molecule has 1 saturated carbocycles. The standard InChI is InChI=1S/C12H19N3O/c13-8-11(10-4-2-1-3-5-10)15-7-6-14-9-12(15)16/h10-11,14H,1-7,9H2. The van der Waals surface area contributed by atoms with Crippen LogP contribution in [0.5, 0.6) is 0 Å². The summed E-state index contributed by atoms with van der Waals surface area (Å²) in [5, 5.41) is 12.3. The minimum absolute atomic E-state index is 0.0865. The van der Waals surface area contributed by atoms with Gasteiger partial charge in [-0.25, -0.2) is 0 Å². The number of nitrogens with zero attached hydrogens (tertiary/aromatic N) is 2. The van der Waals surface area contributed by atoms with Gasteiger partial charge in [-0.15, -0.1) is 0 Å². The number of hydrogen-bond acceptors (Lipinski definition) is 3. The highest BCUT2D eigenvalue weighted by Gasteiger charge is 2.32. The molecule has 4 heteroatoms. The molecule has 1 unspecified atom stereocenters. The van der Waals surface area contributed by atoms with E-state index in [9.17, 15) is 10.1 Å². The summed E-state index contributed by atoms with van der Waals surface area (Å²) >= 11 is 0. The van der Waals surface area contributed by atoms with Gasteiger partial charge < -0.3 is 10.2 Å². The zero-order chi connectivity index (χ0) is 11.4. The summed E-state index contributed by atoms with van der Waals surface area (Å²) in [5.41, 5.74) is 0. The van der Waals surface area contributed by atoms with Crippen LogP contribution in [0, 0.1) is 17.2 Å². The number of nitrogens with one attached hydrogen (secondary N) is 1. The molecule has 0 aromatic carbocycles. The smallest absolute Gasteiger partial charge is 0.237 e. The monoisotopic (exact) mass is 221 g/mol. The Bertz CT molecular complexity index is 291. The van der Waals surface area contributed by atoms with Crippen LogP contribution in [0.2, 0.25) is 0 Å². The highest BCUT2D eigenvalue weighted by Crippen LogP contribution is 2.29. The third-order valence-corrected chi connectivity index (χ3v) is 3.69. The first-order valence-electron chi connectivity index (χ1n) is 6.22. The highest BCUT2D eigenvalue weighted by molar-refractivity contribution is 5.79. The van der Waals surface area contributed by atoms with E-state index in [1.165, 1.54) is 19.3 Å². The van der Waals surface area contributed by atoms with Crippen LogP contribution in [-0.4, -0.2) is 36.5 Å². The number of hydrogen-bond donors (Lipinski definition) is 1. The summed E-state index contributed by atoms with van der Waals surface area (Å²) in [6.07, 6.45) is 5.92. The van der Waals surface area contributed by atoms with Crippen LogP contribution in [0.3, 0.4) is 0 Å². The molecule has 1 amide bonds. The molecule has 1 heterocycles. The fourth-order valence-electron chi connectivity index (χ4n) is 2.79. The van der Waals surface area contributed by atoms with Crippen LogP contribution in [0.15, 0.2) is 0 Å². The lowest BCUT2D eigenvalue weighted by Gasteiger charge is -2.36. The van der Waals surface area contributed by atoms with E-state index in [0.717, 1.165) is 19.4 Å². The fraction of sp³-hybridized carbons (Fsp3) is 0.833. The van der Waals surface area contributed by atoms with E-state index in [4.69, 9.17) is 0 Å². The molecule has 1 aliphatic carbocycles. The average molecular weight is 221 g/mol. The summed E-state index contributed by atoms with van der Waals surface area (Å²) in [7, 11) is 0. The molecular formula is C12H19N3O. The third kappa shape index (κ3) is 2.35. The number of piperazine rings is 1. The normalized spacial score (nSPS) is 25.2. The Morgan fingerprint density at radius 3 is 2.75 bits per heavy atom. The molecule has 88 valence electrons. The molecule has 0 aromatic rings. The summed E-state index contributed by atoms with van der Waals surface area (Å²) < 4.78 is 0. The molecule has 2 rings (SSSR count). The van der Waals surface area contributed by atoms with Gasteiger partial charge in [-0.3, -0.25) is 4.79 Å². The topological polar surface area (TPSA) is 56.1 Å². The van der Waals surface area contributed by atoms with Crippen molar-refractivity contribution < 1.29 is 4.79 Å². The molecule has 1 atom stereocenters. The van der Waals surface area contributed by atoms with Gasteiger partial charge in [-0.2, -0.15) is 5.26 Å². The lowest BCUT2D eigenvalue weighted by molar-refractivity contribution is -0.134. The van der Waals surface area contributed by atoms with Crippen LogP contribution in [0.4, 0.5) is 0 Å². The molecule has 1 aliphatic heterocycles. The summed E-state index contributed by atoms with van der Waals surface area (Å²) in [6, 6.07) is 2.16. The number of carbonyl (C=O) groups excluding carboxylic acids is 1. The maximum Gasteiger partial charge on any atom is 0.237 e. The van der Waals surface area contributed by atoms with E-state index in [0.29, 0.717) is 19.0 Å². The maximum absolute atomic E-state index is 11.7. The first-order chi connectivity index (χ1) is 7.83. The van der Waals surface area contributed by atoms with Gasteiger partial charge in [-0.1, -0.05) is 19.3 Å². The van der Waals surface area contributed by atoms with Crippen molar-refractivity contribution in [1.29, 1.82) is 5.26 Å². The zero-order valence-corrected chi connectivity index (χ0v) is 9.61. The van der Waals surface area contributed by atoms with E-state index in [2.05, 4.69) is 11.4 Å². The van der Waals surface area contributed by atoms with Gasteiger partial charge in [0.05, 0.1) is 12.6 Å². The van der Waals surface area contributed by atoms with E-state index in [1.807, 2.05) is 0 Å². The second-order valence-corrected chi connectivity index (χ2v) is 4.74. The Morgan fingerprint density at radius 2 is 2.12 bits per heavy atom. The van der Waals surface area contributed by atoms with Crippen LogP contribution >= 0.6 is 0 Å². The number of nitriles is 1. The first-order valence-corrected chi connectivity index (χ1v) is 6.22. The fourth-order valence-corrected chi connectivity index (χ4v) is 2.79. The number of amides is 1. The van der Waals surface area contributed by atoms with E-state index in [1.54, 1.807) is 4.90 Å². The SMILES string of the molecule is N#CC(C1CCCCC1)N1CCNCC1=O. The van der Waals surface area contributed by atoms with Gasteiger partial charge in [0.25, 0.3) is 0 Å². The molecule has 1 saturated heterocycles. The van der Waals surface area contributed by atoms with E-state index in [-0.39, 0.29) is 11.9 Å². The summed E-state index contributed by atoms with van der Waals surface area (Å²) in [4.78, 5) is 13.5. The first kappa shape index (κ1) is 11.4. The van der Waals surface area contributed by atoms with Crippen molar-refractivity contribution in [3.8, 4) is 6.07 Å². The molecule has 4 nitrogen and oxygen atoms in total. The minimum atomic E-state index is -0.185. The van der Waals surface area contributed by atoms with E-state index >= 15 is 0 Å². The Kier molecular flexibility index (Phi) is 3.79. The third-order valence-electron chi connectivity index (χ3n) is 3.69. The van der Waals surface area contributed by atoms with Crippen LogP contribution < -0.4 is 5.32 Å². The molecule has 16 heavy (non-hydrogen) atoms. The Hall–Kier alpha value is -1.08. The van der Waals surface area contributed by atoms with Crippen molar-refractivity contribution in [1.82, 2.24) is 10.2 Å². The number of carbonyl (C=O) groups is 1. The molecule has 0 spiro atoms. The molecular weight excluding hydrogens is 202 g/mol. The summed E-state index contributed by atoms with van der Waals surface area (Å²) in [5.74, 6) is 0.490. The average Bonchev–Trinajstić information content (AvgIpc) is 2.34. The van der Waals surface area contributed by atoms with Crippen LogP contribution in [0.25, 0.3) is 0 Å². The van der Waals surface area contributed by atoms with Gasteiger partial charge in [-0.05, 0) is 18.8 Å². The van der Waals surface area contributed by atoms with Crippen LogP contribution in [-0.2, 0) is 4.79 Å². The molecule has 2 aliphatic rings. The number of rotatable bonds is 2. The second kappa shape index (κ2) is 5.31. The quantitative estimate of drug-likeness (QED) is 0.753. The Labute approximate surface area is 96.6 Å². The van der Waals surface area contributed by atoms with Crippen molar-refractivity contribution in [2.45, 2.75) is 38.1 Å². The van der Waals surface area contributed by atoms with Gasteiger partial charge in [0.2, 0.25) is 5.91 Å². The molecule has 1 N–H and O–H groups in total. The summed E-state index contributed by atoms with van der Waals surface area (Å²) in [6.45, 7) is 1.90. The molecule has 2 fully saturated rings. The van der Waals surface area contributed by atoms with Gasteiger partial charge >= 0.3 is 0 Å². The van der Waals surface area contributed by atoms with Crippen molar-refractivity contribution in [3.05, 3.63) is 0 Å². The predicted molar refractivity (Wildman–Crippen MR) is 60.6 cm³/mol. The lowest BCUT2D eigenvalue weighted by atomic mass is 9.83. The molecule has 0 aromatic heterocycles. The van der Waals surface area contributed by atoms with Gasteiger partial charge in [0.15, 0.2) is 0 Å². The van der Waals surface area contributed by atoms with Crippen molar-refractivity contribution >= 4 is 5.91 Å². The maximum atomic E-state index is 11.7. The Morgan fingerprint density at radius 1 is 1.38 bits per heavy atom. The Balaban J connectivity index is 2.02. The van der Waals surface area contributed by atoms with E-state index < -0.39 is 0 Å². The largest absolute Gasteiger partial charge is 0.324 e. The zero-order valence-electron chi connectivity index (χ0n) is 9.61. The predicted octanol–water partition coefficient (Wildman–Crippen LogP) is 0.891. The lowest BCUT2D eigenvalue weighted by Crippen LogP contribution is -2.54.